The number of carbonyl (C=O) groups excluding carboxylic acids is 1. The highest BCUT2D eigenvalue weighted by Crippen LogP contribution is 2.45. The fourth-order valence-corrected chi connectivity index (χ4v) is 4.43. The van der Waals surface area contributed by atoms with Crippen molar-refractivity contribution in [2.24, 2.45) is 11.1 Å². The summed E-state index contributed by atoms with van der Waals surface area (Å²) in [5.74, 6) is -0.611. The van der Waals surface area contributed by atoms with E-state index in [1.54, 1.807) is 18.2 Å². The molecule has 0 aliphatic carbocycles. The van der Waals surface area contributed by atoms with E-state index in [0.717, 1.165) is 54.9 Å². The second-order valence-electron chi connectivity index (χ2n) is 8.42. The summed E-state index contributed by atoms with van der Waals surface area (Å²) in [7, 11) is 0. The smallest absolute Gasteiger partial charge is 0.248 e. The lowest BCUT2D eigenvalue weighted by atomic mass is 9.72. The quantitative estimate of drug-likeness (QED) is 0.852. The number of halogens is 1. The molecule has 2 aliphatic heterocycles. The molecule has 5 heteroatoms. The second kappa shape index (κ2) is 6.55. The predicted molar refractivity (Wildman–Crippen MR) is 107 cm³/mol. The highest BCUT2D eigenvalue weighted by atomic mass is 19.1. The molecule has 0 bridgehead atoms. The maximum Gasteiger partial charge on any atom is 0.248 e. The van der Waals surface area contributed by atoms with E-state index in [1.807, 2.05) is 12.1 Å². The van der Waals surface area contributed by atoms with Crippen molar-refractivity contribution in [3.05, 3.63) is 58.9 Å². The average molecular weight is 367 g/mol. The van der Waals surface area contributed by atoms with Gasteiger partial charge in [0.25, 0.3) is 0 Å². The zero-order valence-corrected chi connectivity index (χ0v) is 15.9. The Balaban J connectivity index is 1.70. The fraction of sp³-hybridized carbons (Fsp3) is 0.409. The molecule has 1 unspecified atom stereocenters. The molecule has 142 valence electrons. The summed E-state index contributed by atoms with van der Waals surface area (Å²) in [4.78, 5) is 13.7. The highest BCUT2D eigenvalue weighted by Gasteiger charge is 2.36. The standard InChI is InChI=1S/C22H26FN3O/c1-22(2)13-16-9-14(21(24)27)5-6-19(16)25-20(22)15-10-17(23)12-18(11-15)26-7-3-4-8-26/h5-6,9-12,20,25H,3-4,7-8,13H2,1-2H3,(H2,24,27). The van der Waals surface area contributed by atoms with E-state index in [0.29, 0.717) is 5.56 Å². The molecule has 27 heavy (non-hydrogen) atoms. The molecule has 4 nitrogen and oxygen atoms in total. The first-order valence-electron chi connectivity index (χ1n) is 9.58. The van der Waals surface area contributed by atoms with E-state index in [4.69, 9.17) is 5.73 Å². The Hall–Kier alpha value is -2.56. The van der Waals surface area contributed by atoms with Crippen molar-refractivity contribution in [2.75, 3.05) is 23.3 Å². The molecule has 4 rings (SSSR count). The Bertz CT molecular complexity index is 887. The molecule has 2 heterocycles. The number of benzene rings is 2. The first kappa shape index (κ1) is 17.8. The summed E-state index contributed by atoms with van der Waals surface area (Å²) in [5.41, 5.74) is 9.79. The van der Waals surface area contributed by atoms with E-state index in [9.17, 15) is 9.18 Å². The molecule has 0 saturated carbocycles. The van der Waals surface area contributed by atoms with Crippen LogP contribution in [0, 0.1) is 11.2 Å². The summed E-state index contributed by atoms with van der Waals surface area (Å²) in [6, 6.07) is 10.9. The normalized spacial score (nSPS) is 20.9. The first-order valence-corrected chi connectivity index (χ1v) is 9.58. The van der Waals surface area contributed by atoms with Crippen LogP contribution in [0.5, 0.6) is 0 Å². The Morgan fingerprint density at radius 3 is 2.63 bits per heavy atom. The fourth-order valence-electron chi connectivity index (χ4n) is 4.43. The maximum absolute atomic E-state index is 14.4. The van der Waals surface area contributed by atoms with Crippen molar-refractivity contribution in [1.29, 1.82) is 0 Å². The number of primary amides is 1. The number of amides is 1. The largest absolute Gasteiger partial charge is 0.377 e. The molecular formula is C22H26FN3O. The molecule has 0 aromatic heterocycles. The van der Waals surface area contributed by atoms with Crippen molar-refractivity contribution >= 4 is 17.3 Å². The molecular weight excluding hydrogens is 341 g/mol. The summed E-state index contributed by atoms with van der Waals surface area (Å²) in [5, 5.41) is 3.58. The van der Waals surface area contributed by atoms with Gasteiger partial charge in [0.15, 0.2) is 0 Å². The highest BCUT2D eigenvalue weighted by molar-refractivity contribution is 5.93. The van der Waals surface area contributed by atoms with Gasteiger partial charge in [0.1, 0.15) is 5.82 Å². The van der Waals surface area contributed by atoms with Gasteiger partial charge in [-0.3, -0.25) is 4.79 Å². The van der Waals surface area contributed by atoms with Gasteiger partial charge in [-0.25, -0.2) is 4.39 Å². The topological polar surface area (TPSA) is 58.4 Å². The molecule has 2 aromatic carbocycles. The molecule has 0 spiro atoms. The van der Waals surface area contributed by atoms with Crippen LogP contribution in [0.25, 0.3) is 0 Å². The van der Waals surface area contributed by atoms with Crippen LogP contribution in [0.1, 0.15) is 54.2 Å². The minimum Gasteiger partial charge on any atom is -0.377 e. The number of nitrogens with one attached hydrogen (secondary N) is 1. The minimum atomic E-state index is -0.418. The lowest BCUT2D eigenvalue weighted by molar-refractivity contribution is 0.1000. The van der Waals surface area contributed by atoms with Crippen molar-refractivity contribution < 1.29 is 9.18 Å². The Labute approximate surface area is 159 Å². The Morgan fingerprint density at radius 2 is 1.93 bits per heavy atom. The lowest BCUT2D eigenvalue weighted by Crippen LogP contribution is -2.35. The second-order valence-corrected chi connectivity index (χ2v) is 8.42. The third-order valence-corrected chi connectivity index (χ3v) is 5.83. The number of fused-ring (bicyclic) bond motifs is 1. The van der Waals surface area contributed by atoms with Crippen LogP contribution in [0.2, 0.25) is 0 Å². The summed E-state index contributed by atoms with van der Waals surface area (Å²) < 4.78 is 14.4. The van der Waals surface area contributed by atoms with Crippen molar-refractivity contribution in [2.45, 2.75) is 39.2 Å². The Kier molecular flexibility index (Phi) is 4.33. The van der Waals surface area contributed by atoms with Crippen molar-refractivity contribution in [3.8, 4) is 0 Å². The monoisotopic (exact) mass is 367 g/mol. The molecule has 3 N–H and O–H groups in total. The van der Waals surface area contributed by atoms with E-state index in [1.165, 1.54) is 0 Å². The van der Waals surface area contributed by atoms with E-state index in [2.05, 4.69) is 30.1 Å². The van der Waals surface area contributed by atoms with Gasteiger partial charge in [0.05, 0.1) is 6.04 Å². The van der Waals surface area contributed by atoms with Crippen LogP contribution in [-0.4, -0.2) is 19.0 Å². The molecule has 1 saturated heterocycles. The number of nitrogens with zero attached hydrogens (tertiary/aromatic N) is 1. The van der Waals surface area contributed by atoms with Crippen molar-refractivity contribution in [1.82, 2.24) is 0 Å². The van der Waals surface area contributed by atoms with Gasteiger partial charge in [-0.15, -0.1) is 0 Å². The Morgan fingerprint density at radius 1 is 1.19 bits per heavy atom. The third-order valence-electron chi connectivity index (χ3n) is 5.83. The van der Waals surface area contributed by atoms with Gasteiger partial charge < -0.3 is 16.0 Å². The van der Waals surface area contributed by atoms with Crippen LogP contribution < -0.4 is 16.0 Å². The van der Waals surface area contributed by atoms with Crippen LogP contribution >= 0.6 is 0 Å². The molecule has 2 aromatic rings. The van der Waals surface area contributed by atoms with Gasteiger partial charge in [0.2, 0.25) is 5.91 Å². The summed E-state index contributed by atoms with van der Waals surface area (Å²) >= 11 is 0. The van der Waals surface area contributed by atoms with Crippen molar-refractivity contribution in [3.63, 3.8) is 0 Å². The van der Waals surface area contributed by atoms with Crippen LogP contribution in [0.15, 0.2) is 36.4 Å². The lowest BCUT2D eigenvalue weighted by Gasteiger charge is -2.41. The zero-order valence-electron chi connectivity index (χ0n) is 15.9. The van der Waals surface area contributed by atoms with Crippen LogP contribution in [-0.2, 0) is 6.42 Å². The minimum absolute atomic E-state index is 0.0125. The number of anilines is 2. The first-order chi connectivity index (χ1) is 12.8. The summed E-state index contributed by atoms with van der Waals surface area (Å²) in [6.07, 6.45) is 3.11. The van der Waals surface area contributed by atoms with Crippen LogP contribution in [0.4, 0.5) is 15.8 Å². The predicted octanol–water partition coefficient (Wildman–Crippen LogP) is 4.26. The number of carbonyl (C=O) groups is 1. The van der Waals surface area contributed by atoms with E-state index in [-0.39, 0.29) is 17.3 Å². The van der Waals surface area contributed by atoms with Gasteiger partial charge in [-0.2, -0.15) is 0 Å². The van der Waals surface area contributed by atoms with E-state index >= 15 is 0 Å². The number of nitrogens with two attached hydrogens (primary N) is 1. The number of hydrogen-bond acceptors (Lipinski definition) is 3. The number of hydrogen-bond donors (Lipinski definition) is 2. The van der Waals surface area contributed by atoms with Gasteiger partial charge >= 0.3 is 0 Å². The molecule has 2 aliphatic rings. The maximum atomic E-state index is 14.4. The average Bonchev–Trinajstić information content (AvgIpc) is 3.14. The molecule has 1 atom stereocenters. The number of rotatable bonds is 3. The molecule has 1 amide bonds. The zero-order chi connectivity index (χ0) is 19.2. The van der Waals surface area contributed by atoms with Crippen LogP contribution in [0.3, 0.4) is 0 Å². The van der Waals surface area contributed by atoms with Gasteiger partial charge in [0, 0.05) is 30.0 Å². The summed E-state index contributed by atoms with van der Waals surface area (Å²) in [6.45, 7) is 6.32. The molecule has 1 fully saturated rings. The van der Waals surface area contributed by atoms with Gasteiger partial charge in [-0.05, 0) is 72.2 Å². The van der Waals surface area contributed by atoms with E-state index < -0.39 is 5.91 Å². The van der Waals surface area contributed by atoms with Gasteiger partial charge in [-0.1, -0.05) is 13.8 Å². The third kappa shape index (κ3) is 3.38. The molecule has 0 radical (unpaired) electrons. The SMILES string of the molecule is CC1(C)Cc2cc(C(N)=O)ccc2NC1c1cc(F)cc(N2CCCC2)c1.